The van der Waals surface area contributed by atoms with Gasteiger partial charge in [-0.05, 0) is 24.3 Å². The second kappa shape index (κ2) is 6.02. The summed E-state index contributed by atoms with van der Waals surface area (Å²) in [5.74, 6) is 1.20. The van der Waals surface area contributed by atoms with Crippen LogP contribution in [-0.4, -0.2) is 6.79 Å². The number of anilines is 1. The molecule has 0 bridgehead atoms. The van der Waals surface area contributed by atoms with Crippen molar-refractivity contribution in [2.45, 2.75) is 13.2 Å². The van der Waals surface area contributed by atoms with E-state index in [2.05, 4.69) is 0 Å². The second-order valence-electron chi connectivity index (χ2n) is 4.62. The first-order valence-electron chi connectivity index (χ1n) is 6.34. The molecule has 0 atom stereocenters. The Kier molecular flexibility index (Phi) is 4.10. The number of fused-ring (bicyclic) bond motifs is 1. The maximum absolute atomic E-state index is 6.09. The van der Waals surface area contributed by atoms with Crippen molar-refractivity contribution in [1.29, 1.82) is 0 Å². The van der Waals surface area contributed by atoms with E-state index in [9.17, 15) is 0 Å². The van der Waals surface area contributed by atoms with Crippen LogP contribution in [0.2, 0.25) is 10.0 Å². The number of hydrogen-bond donors (Lipinski definition) is 1. The molecule has 2 aromatic carbocycles. The number of nitrogen functional groups attached to an aromatic ring is 1. The largest absolute Gasteiger partial charge is 0.486 e. The first-order valence-corrected chi connectivity index (χ1v) is 7.09. The maximum Gasteiger partial charge on any atom is 0.189 e. The Hall–Kier alpha value is -1.62. The standard InChI is InChI=1S/C15H13Cl2NO3/c16-12-2-1-3-13(17)15(12)20-7-10-5-11(18)4-9-6-19-8-21-14(9)10/h1-5H,6-8,18H2. The molecule has 1 aliphatic rings. The van der Waals surface area contributed by atoms with Gasteiger partial charge in [0.15, 0.2) is 12.5 Å². The van der Waals surface area contributed by atoms with E-state index in [1.165, 1.54) is 0 Å². The minimum Gasteiger partial charge on any atom is -0.486 e. The molecule has 2 aromatic rings. The fourth-order valence-corrected chi connectivity index (χ4v) is 2.71. The topological polar surface area (TPSA) is 53.7 Å². The van der Waals surface area contributed by atoms with Gasteiger partial charge >= 0.3 is 0 Å². The van der Waals surface area contributed by atoms with E-state index in [1.54, 1.807) is 18.2 Å². The zero-order valence-electron chi connectivity index (χ0n) is 11.1. The SMILES string of the molecule is Nc1cc2c(c(COc3c(Cl)cccc3Cl)c1)OCOC2. The van der Waals surface area contributed by atoms with Crippen LogP contribution in [0.4, 0.5) is 5.69 Å². The molecule has 21 heavy (non-hydrogen) atoms. The average molecular weight is 326 g/mol. The molecule has 4 nitrogen and oxygen atoms in total. The fourth-order valence-electron chi connectivity index (χ4n) is 2.20. The number of benzene rings is 2. The van der Waals surface area contributed by atoms with E-state index < -0.39 is 0 Å². The zero-order valence-corrected chi connectivity index (χ0v) is 12.6. The molecule has 6 heteroatoms. The summed E-state index contributed by atoms with van der Waals surface area (Å²) in [7, 11) is 0. The lowest BCUT2D eigenvalue weighted by molar-refractivity contribution is -0.0175. The van der Waals surface area contributed by atoms with Crippen molar-refractivity contribution >= 4 is 28.9 Å². The van der Waals surface area contributed by atoms with Crippen LogP contribution in [0.1, 0.15) is 11.1 Å². The van der Waals surface area contributed by atoms with Gasteiger partial charge in [-0.15, -0.1) is 0 Å². The molecular weight excluding hydrogens is 313 g/mol. The monoisotopic (exact) mass is 325 g/mol. The molecule has 0 unspecified atom stereocenters. The van der Waals surface area contributed by atoms with Crippen molar-refractivity contribution in [3.63, 3.8) is 0 Å². The first-order chi connectivity index (χ1) is 10.1. The van der Waals surface area contributed by atoms with Crippen LogP contribution >= 0.6 is 23.2 Å². The van der Waals surface area contributed by atoms with Gasteiger partial charge in [0.05, 0.1) is 16.7 Å². The second-order valence-corrected chi connectivity index (χ2v) is 5.43. The van der Waals surface area contributed by atoms with Crippen molar-refractivity contribution in [3.8, 4) is 11.5 Å². The summed E-state index contributed by atoms with van der Waals surface area (Å²) in [6, 6.07) is 8.86. The third-order valence-corrected chi connectivity index (χ3v) is 3.70. The minimum absolute atomic E-state index is 0.219. The molecule has 0 amide bonds. The van der Waals surface area contributed by atoms with E-state index in [0.29, 0.717) is 28.1 Å². The molecule has 110 valence electrons. The molecule has 0 fully saturated rings. The molecular formula is C15H13Cl2NO3. The summed E-state index contributed by atoms with van der Waals surface area (Å²) in [5, 5.41) is 0.925. The first kappa shape index (κ1) is 14.3. The molecule has 0 saturated carbocycles. The van der Waals surface area contributed by atoms with Crippen LogP contribution in [-0.2, 0) is 18.0 Å². The lowest BCUT2D eigenvalue weighted by Crippen LogP contribution is -2.14. The highest BCUT2D eigenvalue weighted by Crippen LogP contribution is 2.35. The molecule has 1 aliphatic heterocycles. The highest BCUT2D eigenvalue weighted by atomic mass is 35.5. The van der Waals surface area contributed by atoms with Crippen LogP contribution in [0.15, 0.2) is 30.3 Å². The summed E-state index contributed by atoms with van der Waals surface area (Å²) in [6.45, 7) is 0.952. The molecule has 0 radical (unpaired) electrons. The van der Waals surface area contributed by atoms with E-state index in [1.807, 2.05) is 12.1 Å². The van der Waals surface area contributed by atoms with Crippen LogP contribution in [0, 0.1) is 0 Å². The van der Waals surface area contributed by atoms with Crippen LogP contribution in [0.25, 0.3) is 0 Å². The fraction of sp³-hybridized carbons (Fsp3) is 0.200. The minimum atomic E-state index is 0.219. The van der Waals surface area contributed by atoms with E-state index in [4.69, 9.17) is 43.1 Å². The third-order valence-electron chi connectivity index (χ3n) is 3.10. The maximum atomic E-state index is 6.09. The Balaban J connectivity index is 1.87. The molecule has 0 spiro atoms. The lowest BCUT2D eigenvalue weighted by atomic mass is 10.1. The van der Waals surface area contributed by atoms with Crippen molar-refractivity contribution in [2.75, 3.05) is 12.5 Å². The average Bonchev–Trinajstić information content (AvgIpc) is 2.46. The lowest BCUT2D eigenvalue weighted by Gasteiger charge is -2.21. The molecule has 3 rings (SSSR count). The van der Waals surface area contributed by atoms with E-state index in [-0.39, 0.29) is 13.4 Å². The Morgan fingerprint density at radius 3 is 2.71 bits per heavy atom. The van der Waals surface area contributed by atoms with Gasteiger partial charge in [-0.25, -0.2) is 0 Å². The van der Waals surface area contributed by atoms with Gasteiger partial charge in [0.25, 0.3) is 0 Å². The number of nitrogens with two attached hydrogens (primary N) is 1. The van der Waals surface area contributed by atoms with E-state index >= 15 is 0 Å². The van der Waals surface area contributed by atoms with Crippen molar-refractivity contribution in [3.05, 3.63) is 51.5 Å². The number of para-hydroxylation sites is 1. The highest BCUT2D eigenvalue weighted by molar-refractivity contribution is 6.37. The van der Waals surface area contributed by atoms with Crippen LogP contribution in [0.3, 0.4) is 0 Å². The Labute approximate surface area is 132 Å². The Bertz CT molecular complexity index is 656. The number of halogens is 2. The number of rotatable bonds is 3. The van der Waals surface area contributed by atoms with Crippen LogP contribution < -0.4 is 15.2 Å². The smallest absolute Gasteiger partial charge is 0.189 e. The predicted octanol–water partition coefficient (Wildman–Crippen LogP) is 4.02. The molecule has 0 aromatic heterocycles. The van der Waals surface area contributed by atoms with Gasteiger partial charge in [0, 0.05) is 16.8 Å². The molecule has 1 heterocycles. The normalized spacial score (nSPS) is 13.4. The van der Waals surface area contributed by atoms with Gasteiger partial charge in [-0.1, -0.05) is 29.3 Å². The van der Waals surface area contributed by atoms with Gasteiger partial charge in [-0.2, -0.15) is 0 Å². The highest BCUT2D eigenvalue weighted by Gasteiger charge is 2.17. The van der Waals surface area contributed by atoms with E-state index in [0.717, 1.165) is 16.9 Å². The summed E-state index contributed by atoms with van der Waals surface area (Å²) < 4.78 is 16.5. The van der Waals surface area contributed by atoms with Crippen molar-refractivity contribution in [1.82, 2.24) is 0 Å². The summed E-state index contributed by atoms with van der Waals surface area (Å²) in [4.78, 5) is 0. The van der Waals surface area contributed by atoms with Gasteiger partial charge < -0.3 is 19.9 Å². The van der Waals surface area contributed by atoms with Crippen molar-refractivity contribution < 1.29 is 14.2 Å². The number of ether oxygens (including phenoxy) is 3. The summed E-state index contributed by atoms with van der Waals surface area (Å²) >= 11 is 12.2. The molecule has 0 saturated heterocycles. The Morgan fingerprint density at radius 2 is 1.95 bits per heavy atom. The summed E-state index contributed by atoms with van der Waals surface area (Å²) in [6.07, 6.45) is 0. The quantitative estimate of drug-likeness (QED) is 0.866. The third kappa shape index (κ3) is 3.02. The molecule has 0 aliphatic carbocycles. The summed E-state index contributed by atoms with van der Waals surface area (Å²) in [5.41, 5.74) is 8.27. The predicted molar refractivity (Wildman–Crippen MR) is 81.9 cm³/mol. The molecule has 2 N–H and O–H groups in total. The van der Waals surface area contributed by atoms with Gasteiger partial charge in [0.1, 0.15) is 12.4 Å². The number of hydrogen-bond acceptors (Lipinski definition) is 4. The van der Waals surface area contributed by atoms with Gasteiger partial charge in [0.2, 0.25) is 0 Å². The van der Waals surface area contributed by atoms with Gasteiger partial charge in [-0.3, -0.25) is 0 Å². The Morgan fingerprint density at radius 1 is 1.19 bits per heavy atom. The van der Waals surface area contributed by atoms with Crippen molar-refractivity contribution in [2.24, 2.45) is 0 Å². The van der Waals surface area contributed by atoms with Crippen LogP contribution in [0.5, 0.6) is 11.5 Å². The zero-order chi connectivity index (χ0) is 14.8.